The van der Waals surface area contributed by atoms with Crippen LogP contribution in [0.2, 0.25) is 0 Å². The third-order valence-corrected chi connectivity index (χ3v) is 8.32. The predicted molar refractivity (Wildman–Crippen MR) is 144 cm³/mol. The van der Waals surface area contributed by atoms with E-state index < -0.39 is 12.1 Å². The Hall–Kier alpha value is -3.53. The molecule has 204 valence electrons. The van der Waals surface area contributed by atoms with Crippen LogP contribution < -0.4 is 10.2 Å². The Morgan fingerprint density at radius 2 is 2.18 bits per heavy atom. The van der Waals surface area contributed by atoms with E-state index in [2.05, 4.69) is 21.4 Å². The van der Waals surface area contributed by atoms with Gasteiger partial charge in [0.05, 0.1) is 12.2 Å². The first kappa shape index (κ1) is 27.1. The first-order chi connectivity index (χ1) is 19.0. The molecule has 0 aliphatic carbocycles. The zero-order chi connectivity index (χ0) is 27.4. The van der Waals surface area contributed by atoms with Gasteiger partial charge in [-0.25, -0.2) is 14.8 Å². The van der Waals surface area contributed by atoms with E-state index in [4.69, 9.17) is 9.47 Å². The van der Waals surface area contributed by atoms with E-state index in [1.807, 2.05) is 6.07 Å². The van der Waals surface area contributed by atoms with Gasteiger partial charge in [0.25, 0.3) is 5.91 Å². The molecule has 2 aromatic rings. The van der Waals surface area contributed by atoms with Crippen LogP contribution in [0, 0.1) is 11.3 Å². The standard InChI is InChI=1S/C27H30N6O5S/c1-32(26(35)22-5-3-8-38-22)14-18-10-17-4-2-7-33(25(17)30-21(18)15-34)27(36)31-24-11-23(19(12-28)13-29-24)39-20-6-9-37-16-20/h10-11,13,15,20,22H,2-9,14,16H2,1H3,(H,29,31,36)/t20-,22+/m0/s1. The zero-order valence-electron chi connectivity index (χ0n) is 21.7. The minimum Gasteiger partial charge on any atom is -0.380 e. The fraction of sp³-hybridized carbons (Fsp3) is 0.481. The van der Waals surface area contributed by atoms with E-state index in [0.29, 0.717) is 68.3 Å². The topological polar surface area (TPSA) is 138 Å². The summed E-state index contributed by atoms with van der Waals surface area (Å²) in [6.45, 7) is 2.55. The van der Waals surface area contributed by atoms with Crippen molar-refractivity contribution in [1.29, 1.82) is 5.26 Å². The van der Waals surface area contributed by atoms with Crippen LogP contribution in [-0.2, 0) is 27.2 Å². The van der Waals surface area contributed by atoms with Crippen LogP contribution in [0.5, 0.6) is 0 Å². The first-order valence-electron chi connectivity index (χ1n) is 13.0. The van der Waals surface area contributed by atoms with Crippen LogP contribution >= 0.6 is 11.8 Å². The normalized spacial score (nSPS) is 20.3. The molecule has 3 aliphatic rings. The summed E-state index contributed by atoms with van der Waals surface area (Å²) in [6, 6.07) is 5.31. The molecule has 12 heteroatoms. The van der Waals surface area contributed by atoms with Crippen LogP contribution in [0.15, 0.2) is 23.2 Å². The van der Waals surface area contributed by atoms with Crippen molar-refractivity contribution in [3.63, 3.8) is 0 Å². The van der Waals surface area contributed by atoms with E-state index in [1.165, 1.54) is 11.1 Å². The van der Waals surface area contributed by atoms with E-state index in [1.54, 1.807) is 29.8 Å². The van der Waals surface area contributed by atoms with Crippen molar-refractivity contribution >= 4 is 41.6 Å². The molecule has 39 heavy (non-hydrogen) atoms. The summed E-state index contributed by atoms with van der Waals surface area (Å²) in [6.07, 6.45) is 5.53. The number of carbonyl (C=O) groups excluding carboxylic acids is 3. The number of nitriles is 1. The number of likely N-dealkylation sites (N-methyl/N-ethyl adjacent to an activating group) is 1. The van der Waals surface area contributed by atoms with Crippen molar-refractivity contribution in [2.75, 3.05) is 43.6 Å². The molecule has 5 rings (SSSR count). The van der Waals surface area contributed by atoms with E-state index in [0.717, 1.165) is 29.7 Å². The van der Waals surface area contributed by atoms with Crippen LogP contribution in [0.4, 0.5) is 16.4 Å². The second kappa shape index (κ2) is 12.1. The maximum absolute atomic E-state index is 13.3. The molecule has 1 N–H and O–H groups in total. The van der Waals surface area contributed by atoms with E-state index in [-0.39, 0.29) is 23.4 Å². The number of nitrogens with zero attached hydrogens (tertiary/aromatic N) is 5. The van der Waals surface area contributed by atoms with Crippen molar-refractivity contribution in [2.45, 2.75) is 54.9 Å². The van der Waals surface area contributed by atoms with Gasteiger partial charge in [-0.05, 0) is 49.8 Å². The van der Waals surface area contributed by atoms with Crippen molar-refractivity contribution in [2.24, 2.45) is 0 Å². The van der Waals surface area contributed by atoms with Gasteiger partial charge >= 0.3 is 6.03 Å². The lowest BCUT2D eigenvalue weighted by molar-refractivity contribution is -0.140. The summed E-state index contributed by atoms with van der Waals surface area (Å²) in [5.74, 6) is 0.633. The number of aldehydes is 1. The Labute approximate surface area is 230 Å². The third-order valence-electron chi connectivity index (χ3n) is 7.02. The fourth-order valence-corrected chi connectivity index (χ4v) is 6.13. The van der Waals surface area contributed by atoms with Gasteiger partial charge in [-0.2, -0.15) is 5.26 Å². The molecule has 0 saturated carbocycles. The highest BCUT2D eigenvalue weighted by Gasteiger charge is 2.29. The van der Waals surface area contributed by atoms with Gasteiger partial charge in [-0.1, -0.05) is 0 Å². The van der Waals surface area contributed by atoms with Crippen LogP contribution in [0.25, 0.3) is 0 Å². The summed E-state index contributed by atoms with van der Waals surface area (Å²) >= 11 is 1.55. The highest BCUT2D eigenvalue weighted by atomic mass is 32.2. The molecule has 2 saturated heterocycles. The number of rotatable bonds is 7. The average molecular weight is 551 g/mol. The fourth-order valence-electron chi connectivity index (χ4n) is 4.98. The summed E-state index contributed by atoms with van der Waals surface area (Å²) < 4.78 is 10.9. The van der Waals surface area contributed by atoms with Crippen LogP contribution in [-0.4, -0.2) is 77.9 Å². The largest absolute Gasteiger partial charge is 0.380 e. The number of fused-ring (bicyclic) bond motifs is 1. The number of pyridine rings is 2. The summed E-state index contributed by atoms with van der Waals surface area (Å²) in [7, 11) is 1.69. The maximum Gasteiger partial charge on any atom is 0.328 e. The molecule has 0 unspecified atom stereocenters. The van der Waals surface area contributed by atoms with Gasteiger partial charge < -0.3 is 14.4 Å². The molecular weight excluding hydrogens is 520 g/mol. The van der Waals surface area contributed by atoms with Crippen molar-refractivity contribution in [1.82, 2.24) is 14.9 Å². The molecule has 2 fully saturated rings. The van der Waals surface area contributed by atoms with Crippen molar-refractivity contribution < 1.29 is 23.9 Å². The number of aromatic nitrogens is 2. The van der Waals surface area contributed by atoms with Gasteiger partial charge in [-0.3, -0.25) is 19.8 Å². The number of nitrogens with one attached hydrogen (secondary N) is 1. The van der Waals surface area contributed by atoms with Gasteiger partial charge in [0, 0.05) is 55.3 Å². The minimum absolute atomic E-state index is 0.115. The minimum atomic E-state index is -0.444. The van der Waals surface area contributed by atoms with Crippen LogP contribution in [0.3, 0.4) is 0 Å². The molecule has 2 aromatic heterocycles. The number of hydrogen-bond acceptors (Lipinski definition) is 9. The van der Waals surface area contributed by atoms with Gasteiger partial charge in [-0.15, -0.1) is 11.8 Å². The number of aryl methyl sites for hydroxylation is 1. The maximum atomic E-state index is 13.3. The smallest absolute Gasteiger partial charge is 0.328 e. The Kier molecular flexibility index (Phi) is 8.40. The Morgan fingerprint density at radius 1 is 1.31 bits per heavy atom. The van der Waals surface area contributed by atoms with Crippen molar-refractivity contribution in [3.05, 3.63) is 40.7 Å². The molecule has 0 radical (unpaired) electrons. The molecule has 0 bridgehead atoms. The Balaban J connectivity index is 1.33. The quantitative estimate of drug-likeness (QED) is 0.515. The summed E-state index contributed by atoms with van der Waals surface area (Å²) in [5.41, 5.74) is 2.10. The number of carbonyl (C=O) groups is 3. The number of anilines is 2. The SMILES string of the molecule is CN(Cc1cc2c(nc1C=O)N(C(=O)Nc1cc(S[C@H]3CCOC3)c(C#N)cn1)CCC2)C(=O)[C@H]1CCCO1. The molecule has 3 amide bonds. The highest BCUT2D eigenvalue weighted by Crippen LogP contribution is 2.33. The number of urea groups is 1. The monoisotopic (exact) mass is 550 g/mol. The molecule has 2 atom stereocenters. The lowest BCUT2D eigenvalue weighted by Gasteiger charge is -2.29. The Bertz CT molecular complexity index is 1300. The average Bonchev–Trinajstić information content (AvgIpc) is 3.67. The molecule has 5 heterocycles. The van der Waals surface area contributed by atoms with Crippen molar-refractivity contribution in [3.8, 4) is 6.07 Å². The van der Waals surface area contributed by atoms with E-state index in [9.17, 15) is 19.6 Å². The lowest BCUT2D eigenvalue weighted by atomic mass is 10.0. The Morgan fingerprint density at radius 3 is 2.90 bits per heavy atom. The van der Waals surface area contributed by atoms with E-state index >= 15 is 0 Å². The number of amides is 3. The van der Waals surface area contributed by atoms with Crippen LogP contribution in [0.1, 0.15) is 52.9 Å². The second-order valence-corrected chi connectivity index (χ2v) is 11.1. The number of hydrogen-bond donors (Lipinski definition) is 1. The zero-order valence-corrected chi connectivity index (χ0v) is 22.5. The lowest BCUT2D eigenvalue weighted by Crippen LogP contribution is -2.40. The molecule has 0 spiro atoms. The highest BCUT2D eigenvalue weighted by molar-refractivity contribution is 8.00. The predicted octanol–water partition coefficient (Wildman–Crippen LogP) is 3.16. The molecular formula is C27H30N6O5S. The molecule has 0 aromatic carbocycles. The van der Waals surface area contributed by atoms with Gasteiger partial charge in [0.1, 0.15) is 29.5 Å². The second-order valence-electron chi connectivity index (χ2n) is 9.80. The first-order valence-corrected chi connectivity index (χ1v) is 13.9. The van der Waals surface area contributed by atoms with Gasteiger partial charge in [0.15, 0.2) is 6.29 Å². The van der Waals surface area contributed by atoms with Gasteiger partial charge in [0.2, 0.25) is 0 Å². The number of thioether (sulfide) groups is 1. The number of ether oxygens (including phenoxy) is 2. The summed E-state index contributed by atoms with van der Waals surface area (Å²) in [4.78, 5) is 50.6. The summed E-state index contributed by atoms with van der Waals surface area (Å²) in [5, 5.41) is 12.6. The third kappa shape index (κ3) is 6.06. The molecule has 11 nitrogen and oxygen atoms in total. The molecule has 3 aliphatic heterocycles.